The molecule has 0 aromatic carbocycles. The maximum absolute atomic E-state index is 12.7. The number of nitrogens with zero attached hydrogens (tertiary/aromatic N) is 4. The van der Waals surface area contributed by atoms with E-state index in [0.29, 0.717) is 35.5 Å². The smallest absolute Gasteiger partial charge is 0.304 e. The maximum atomic E-state index is 12.7. The maximum Gasteiger partial charge on any atom is 0.406 e. The van der Waals surface area contributed by atoms with Crippen LogP contribution in [0.4, 0.5) is 13.2 Å². The summed E-state index contributed by atoms with van der Waals surface area (Å²) in [4.78, 5) is 4.27. The van der Waals surface area contributed by atoms with Gasteiger partial charge in [-0.1, -0.05) is 6.92 Å². The van der Waals surface area contributed by atoms with Crippen LogP contribution in [0.3, 0.4) is 0 Å². The lowest BCUT2D eigenvalue weighted by atomic mass is 10.3. The molecule has 0 fully saturated rings. The first-order chi connectivity index (χ1) is 8.87. The first kappa shape index (κ1) is 14.2. The van der Waals surface area contributed by atoms with Gasteiger partial charge < -0.3 is 4.57 Å². The van der Waals surface area contributed by atoms with Crippen LogP contribution in [0, 0.1) is 0 Å². The van der Waals surface area contributed by atoms with Gasteiger partial charge in [-0.05, 0) is 6.42 Å². The number of fused-ring (bicyclic) bond motifs is 1. The van der Waals surface area contributed by atoms with E-state index in [1.165, 1.54) is 4.68 Å². The molecule has 0 radical (unpaired) electrons. The van der Waals surface area contributed by atoms with Gasteiger partial charge in [-0.25, -0.2) is 4.98 Å². The predicted octanol–water partition coefficient (Wildman–Crippen LogP) is 2.68. The topological polar surface area (TPSA) is 35.6 Å². The summed E-state index contributed by atoms with van der Waals surface area (Å²) in [7, 11) is 1.63. The molecule has 0 aliphatic carbocycles. The van der Waals surface area contributed by atoms with Crippen LogP contribution in [0.5, 0.6) is 0 Å². The molecular weight excluding hydrogens is 281 g/mol. The van der Waals surface area contributed by atoms with E-state index < -0.39 is 12.7 Å². The lowest BCUT2D eigenvalue weighted by molar-refractivity contribution is -0.140. The predicted molar refractivity (Wildman–Crippen MR) is 66.4 cm³/mol. The summed E-state index contributed by atoms with van der Waals surface area (Å²) in [6.07, 6.45) is -3.37. The Bertz CT molecular complexity index is 585. The molecule has 2 aromatic rings. The number of aryl methyl sites for hydroxylation is 3. The summed E-state index contributed by atoms with van der Waals surface area (Å²) >= 11 is 5.63. The Morgan fingerprint density at radius 3 is 2.53 bits per heavy atom. The third-order valence-electron chi connectivity index (χ3n) is 2.86. The summed E-state index contributed by atoms with van der Waals surface area (Å²) in [6, 6.07) is 0. The molecule has 19 heavy (non-hydrogen) atoms. The molecule has 2 heterocycles. The van der Waals surface area contributed by atoms with Crippen molar-refractivity contribution in [3.8, 4) is 0 Å². The molecule has 0 saturated carbocycles. The molecule has 4 nitrogen and oxygen atoms in total. The first-order valence-electron chi connectivity index (χ1n) is 5.91. The standard InChI is InChI=1S/C11H14ClF3N4/c1-3-7-9-10(18(2)17-7)19(6-11(13,14)15)8(16-9)4-5-12/h3-6H2,1-2H3. The molecule has 0 bridgehead atoms. The minimum Gasteiger partial charge on any atom is -0.304 e. The van der Waals surface area contributed by atoms with Crippen molar-refractivity contribution in [2.45, 2.75) is 32.5 Å². The molecule has 106 valence electrons. The van der Waals surface area contributed by atoms with E-state index in [4.69, 9.17) is 11.6 Å². The Balaban J connectivity index is 2.62. The van der Waals surface area contributed by atoms with Gasteiger partial charge in [0.2, 0.25) is 0 Å². The zero-order chi connectivity index (χ0) is 14.2. The summed E-state index contributed by atoms with van der Waals surface area (Å²) in [5, 5.41) is 4.19. The molecule has 0 amide bonds. The third kappa shape index (κ3) is 2.70. The fourth-order valence-corrected chi connectivity index (χ4v) is 2.31. The number of imidazole rings is 1. The lowest BCUT2D eigenvalue weighted by Gasteiger charge is -2.11. The van der Waals surface area contributed by atoms with Crippen molar-refractivity contribution in [2.24, 2.45) is 7.05 Å². The van der Waals surface area contributed by atoms with Crippen molar-refractivity contribution in [3.63, 3.8) is 0 Å². The van der Waals surface area contributed by atoms with Gasteiger partial charge in [0, 0.05) is 19.3 Å². The number of hydrogen-bond acceptors (Lipinski definition) is 2. The second-order valence-corrected chi connectivity index (χ2v) is 4.64. The summed E-state index contributed by atoms with van der Waals surface area (Å²) in [6.45, 7) is 0.824. The Morgan fingerprint density at radius 1 is 1.32 bits per heavy atom. The highest BCUT2D eigenvalue weighted by molar-refractivity contribution is 6.17. The molecule has 2 rings (SSSR count). The second kappa shape index (κ2) is 5.03. The van der Waals surface area contributed by atoms with Crippen LogP contribution in [-0.2, 0) is 26.4 Å². The van der Waals surface area contributed by atoms with Gasteiger partial charge in [-0.3, -0.25) is 4.68 Å². The van der Waals surface area contributed by atoms with Crippen molar-refractivity contribution < 1.29 is 13.2 Å². The summed E-state index contributed by atoms with van der Waals surface area (Å²) in [5.74, 6) is 0.584. The number of rotatable bonds is 4. The monoisotopic (exact) mass is 294 g/mol. The fraction of sp³-hybridized carbons (Fsp3) is 0.636. The second-order valence-electron chi connectivity index (χ2n) is 4.26. The van der Waals surface area contributed by atoms with Crippen molar-refractivity contribution in [2.75, 3.05) is 5.88 Å². The molecule has 2 aromatic heterocycles. The normalized spacial score (nSPS) is 12.5. The Morgan fingerprint density at radius 2 is 2.00 bits per heavy atom. The minimum absolute atomic E-state index is 0.232. The van der Waals surface area contributed by atoms with Gasteiger partial charge in [0.1, 0.15) is 17.9 Å². The quantitative estimate of drug-likeness (QED) is 0.813. The van der Waals surface area contributed by atoms with Gasteiger partial charge in [0.15, 0.2) is 5.65 Å². The SMILES string of the molecule is CCc1nn(C)c2c1nc(CCCl)n2CC(F)(F)F. The minimum atomic E-state index is -4.30. The molecule has 8 heteroatoms. The van der Waals surface area contributed by atoms with Crippen molar-refractivity contribution in [1.29, 1.82) is 0 Å². The van der Waals surface area contributed by atoms with E-state index >= 15 is 0 Å². The van der Waals surface area contributed by atoms with E-state index in [1.807, 2.05) is 6.92 Å². The van der Waals surface area contributed by atoms with Crippen molar-refractivity contribution >= 4 is 22.8 Å². The lowest BCUT2D eigenvalue weighted by Crippen LogP contribution is -2.20. The third-order valence-corrected chi connectivity index (χ3v) is 3.05. The van der Waals surface area contributed by atoms with Crippen LogP contribution < -0.4 is 0 Å². The van der Waals surface area contributed by atoms with E-state index in [0.717, 1.165) is 4.57 Å². The molecule has 0 spiro atoms. The highest BCUT2D eigenvalue weighted by Crippen LogP contribution is 2.25. The molecule has 0 aliphatic heterocycles. The van der Waals surface area contributed by atoms with Crippen LogP contribution in [-0.4, -0.2) is 31.4 Å². The van der Waals surface area contributed by atoms with Gasteiger partial charge in [-0.2, -0.15) is 18.3 Å². The molecule has 0 N–H and O–H groups in total. The van der Waals surface area contributed by atoms with Crippen LogP contribution in [0.2, 0.25) is 0 Å². The van der Waals surface area contributed by atoms with Gasteiger partial charge in [-0.15, -0.1) is 11.6 Å². The molecule has 0 atom stereocenters. The number of aromatic nitrogens is 4. The average molecular weight is 295 g/mol. The van der Waals surface area contributed by atoms with E-state index in [1.54, 1.807) is 7.05 Å². The zero-order valence-electron chi connectivity index (χ0n) is 10.6. The van der Waals surface area contributed by atoms with Crippen LogP contribution >= 0.6 is 11.6 Å². The molecular formula is C11H14ClF3N4. The van der Waals surface area contributed by atoms with Crippen molar-refractivity contribution in [3.05, 3.63) is 11.5 Å². The van der Waals surface area contributed by atoms with E-state index in [9.17, 15) is 13.2 Å². The number of alkyl halides is 4. The van der Waals surface area contributed by atoms with Crippen LogP contribution in [0.15, 0.2) is 0 Å². The van der Waals surface area contributed by atoms with Crippen LogP contribution in [0.1, 0.15) is 18.4 Å². The van der Waals surface area contributed by atoms with Crippen molar-refractivity contribution in [1.82, 2.24) is 19.3 Å². The van der Waals surface area contributed by atoms with Gasteiger partial charge >= 0.3 is 6.18 Å². The number of halogens is 4. The van der Waals surface area contributed by atoms with Gasteiger partial charge in [0.05, 0.1) is 5.69 Å². The molecule has 0 aliphatic rings. The highest BCUT2D eigenvalue weighted by Gasteiger charge is 2.31. The largest absolute Gasteiger partial charge is 0.406 e. The Labute approximate surface area is 113 Å². The summed E-state index contributed by atoms with van der Waals surface area (Å²) < 4.78 is 40.6. The van der Waals surface area contributed by atoms with Gasteiger partial charge in [0.25, 0.3) is 0 Å². The number of hydrogen-bond donors (Lipinski definition) is 0. The Kier molecular flexibility index (Phi) is 3.75. The highest BCUT2D eigenvalue weighted by atomic mass is 35.5. The first-order valence-corrected chi connectivity index (χ1v) is 6.44. The molecule has 0 saturated heterocycles. The molecule has 0 unspecified atom stereocenters. The van der Waals surface area contributed by atoms with E-state index in [2.05, 4.69) is 10.1 Å². The average Bonchev–Trinajstić information content (AvgIpc) is 2.78. The Hall–Kier alpha value is -1.24. The van der Waals surface area contributed by atoms with Crippen LogP contribution in [0.25, 0.3) is 11.2 Å². The summed E-state index contributed by atoms with van der Waals surface area (Å²) in [5.41, 5.74) is 1.64. The van der Waals surface area contributed by atoms with E-state index in [-0.39, 0.29) is 5.88 Å². The fourth-order valence-electron chi connectivity index (χ4n) is 2.15. The zero-order valence-corrected chi connectivity index (χ0v) is 11.4.